The van der Waals surface area contributed by atoms with E-state index in [2.05, 4.69) is 15.0 Å². The molecule has 0 aliphatic heterocycles. The van der Waals surface area contributed by atoms with Gasteiger partial charge in [0.25, 0.3) is 10.0 Å². The molecule has 1 aromatic rings. The number of carboxylic acids is 1. The summed E-state index contributed by atoms with van der Waals surface area (Å²) in [4.78, 5) is 26.9. The third-order valence-electron chi connectivity index (χ3n) is 3.70. The van der Waals surface area contributed by atoms with Crippen LogP contribution in [0.2, 0.25) is 0 Å². The van der Waals surface area contributed by atoms with Crippen LogP contribution in [0, 0.1) is 6.92 Å². The monoisotopic (exact) mass is 442 g/mol. The number of hydrogen-bond donors (Lipinski definition) is 4. The number of carbonyl (C=O) groups is 2. The van der Waals surface area contributed by atoms with E-state index in [0.717, 1.165) is 5.56 Å². The fourth-order valence-corrected chi connectivity index (χ4v) is 3.35. The van der Waals surface area contributed by atoms with Crippen molar-refractivity contribution in [3.8, 4) is 0 Å². The first kappa shape index (κ1) is 25.2. The standard InChI is InChI=1S/C19H30N4O6S/c1-13-7-9-15(10-8-13)30(27,28)23-17(20)21-11-5-6-14(12-16(24)25)22-18(26)29-19(2,3)4/h7-10,14H,5-6,11-12H2,1-4H3,(H,22,26)(H,24,25)(H3,20,21,23)/t14-/m1/s1. The highest BCUT2D eigenvalue weighted by molar-refractivity contribution is 7.90. The first-order chi connectivity index (χ1) is 13.8. The maximum atomic E-state index is 12.3. The second kappa shape index (κ2) is 10.8. The number of alkyl carbamates (subject to hydrolysis) is 1. The lowest BCUT2D eigenvalue weighted by atomic mass is 10.1. The van der Waals surface area contributed by atoms with Gasteiger partial charge in [0, 0.05) is 12.6 Å². The normalized spacial score (nSPS) is 13.4. The van der Waals surface area contributed by atoms with Crippen LogP contribution in [0.1, 0.15) is 45.6 Å². The molecule has 1 amide bonds. The van der Waals surface area contributed by atoms with Gasteiger partial charge in [-0.2, -0.15) is 0 Å². The molecule has 0 aromatic heterocycles. The van der Waals surface area contributed by atoms with Crippen LogP contribution in [0.4, 0.5) is 4.79 Å². The van der Waals surface area contributed by atoms with Gasteiger partial charge in [0.1, 0.15) is 5.60 Å². The summed E-state index contributed by atoms with van der Waals surface area (Å²) in [5.41, 5.74) is 5.87. The maximum Gasteiger partial charge on any atom is 0.407 e. The Balaban J connectivity index is 2.59. The third-order valence-corrected chi connectivity index (χ3v) is 5.08. The van der Waals surface area contributed by atoms with Crippen LogP contribution in [-0.2, 0) is 19.6 Å². The average Bonchev–Trinajstić information content (AvgIpc) is 2.56. The Labute approximate surface area is 177 Å². The summed E-state index contributed by atoms with van der Waals surface area (Å²) in [5.74, 6) is -1.34. The Morgan fingerprint density at radius 3 is 2.37 bits per heavy atom. The fraction of sp³-hybridized carbons (Fsp3) is 0.526. The van der Waals surface area contributed by atoms with Gasteiger partial charge < -0.3 is 20.9 Å². The van der Waals surface area contributed by atoms with Gasteiger partial charge >= 0.3 is 12.1 Å². The molecular formula is C19H30N4O6S. The number of hydrogen-bond acceptors (Lipinski definition) is 6. The first-order valence-corrected chi connectivity index (χ1v) is 10.9. The molecular weight excluding hydrogens is 412 g/mol. The summed E-state index contributed by atoms with van der Waals surface area (Å²) < 4.78 is 31.8. The van der Waals surface area contributed by atoms with Gasteiger partial charge in [-0.25, -0.2) is 17.9 Å². The van der Waals surface area contributed by atoms with Gasteiger partial charge in [0.2, 0.25) is 5.96 Å². The molecule has 0 radical (unpaired) electrons. The van der Waals surface area contributed by atoms with Crippen LogP contribution in [0.15, 0.2) is 34.2 Å². The van der Waals surface area contributed by atoms with Crippen LogP contribution in [0.3, 0.4) is 0 Å². The molecule has 0 saturated heterocycles. The number of guanidine groups is 1. The number of aryl methyl sites for hydroxylation is 1. The molecule has 1 rings (SSSR count). The highest BCUT2D eigenvalue weighted by Gasteiger charge is 2.21. The van der Waals surface area contributed by atoms with E-state index in [9.17, 15) is 18.0 Å². The van der Waals surface area contributed by atoms with Crippen molar-refractivity contribution in [1.82, 2.24) is 10.0 Å². The maximum absolute atomic E-state index is 12.3. The Morgan fingerprint density at radius 2 is 1.83 bits per heavy atom. The molecule has 0 spiro atoms. The average molecular weight is 443 g/mol. The van der Waals surface area contributed by atoms with E-state index < -0.39 is 33.7 Å². The van der Waals surface area contributed by atoms with Gasteiger partial charge in [-0.05, 0) is 52.7 Å². The molecule has 0 saturated carbocycles. The second-order valence-electron chi connectivity index (χ2n) is 7.77. The summed E-state index contributed by atoms with van der Waals surface area (Å²) in [6.45, 7) is 7.10. The zero-order chi connectivity index (χ0) is 22.9. The van der Waals surface area contributed by atoms with E-state index in [4.69, 9.17) is 15.6 Å². The number of carboxylic acid groups (broad SMARTS) is 1. The van der Waals surface area contributed by atoms with Crippen molar-refractivity contribution in [3.63, 3.8) is 0 Å². The number of carbonyl (C=O) groups excluding carboxylic acids is 1. The van der Waals surface area contributed by atoms with E-state index in [1.54, 1.807) is 32.9 Å². The van der Waals surface area contributed by atoms with E-state index >= 15 is 0 Å². The molecule has 1 atom stereocenters. The van der Waals surface area contributed by atoms with Crippen molar-refractivity contribution in [2.75, 3.05) is 6.54 Å². The van der Waals surface area contributed by atoms with E-state index in [-0.39, 0.29) is 23.8 Å². The van der Waals surface area contributed by atoms with E-state index in [1.807, 2.05) is 6.92 Å². The van der Waals surface area contributed by atoms with Crippen LogP contribution in [0.25, 0.3) is 0 Å². The van der Waals surface area contributed by atoms with Crippen molar-refractivity contribution >= 4 is 28.0 Å². The Hall–Kier alpha value is -2.82. The highest BCUT2D eigenvalue weighted by atomic mass is 32.2. The molecule has 10 nitrogen and oxygen atoms in total. The summed E-state index contributed by atoms with van der Waals surface area (Å²) >= 11 is 0. The number of nitrogens with zero attached hydrogens (tertiary/aromatic N) is 1. The summed E-state index contributed by atoms with van der Waals surface area (Å²) in [6.07, 6.45) is -0.311. The Kier molecular flexibility index (Phi) is 9.09. The molecule has 0 aliphatic carbocycles. The summed E-state index contributed by atoms with van der Waals surface area (Å²) in [7, 11) is -3.84. The molecule has 0 bridgehead atoms. The topological polar surface area (TPSA) is 160 Å². The molecule has 0 unspecified atom stereocenters. The highest BCUT2D eigenvalue weighted by Crippen LogP contribution is 2.10. The quantitative estimate of drug-likeness (QED) is 0.257. The minimum Gasteiger partial charge on any atom is -0.481 e. The number of nitrogens with two attached hydrogens (primary N) is 1. The SMILES string of the molecule is Cc1ccc(S(=O)(=O)NC(N)=NCCC[C@H](CC(=O)O)NC(=O)OC(C)(C)C)cc1. The third kappa shape index (κ3) is 10.1. The minimum atomic E-state index is -3.84. The van der Waals surface area contributed by atoms with Gasteiger partial charge in [-0.1, -0.05) is 17.7 Å². The minimum absolute atomic E-state index is 0.0642. The molecule has 11 heteroatoms. The van der Waals surface area contributed by atoms with Gasteiger partial charge in [0.15, 0.2) is 0 Å². The number of rotatable bonds is 9. The lowest BCUT2D eigenvalue weighted by Gasteiger charge is -2.23. The Bertz CT molecular complexity index is 860. The molecule has 30 heavy (non-hydrogen) atoms. The van der Waals surface area contributed by atoms with Crippen molar-refractivity contribution in [2.45, 2.75) is 63.5 Å². The van der Waals surface area contributed by atoms with Crippen LogP contribution >= 0.6 is 0 Å². The van der Waals surface area contributed by atoms with Crippen LogP contribution in [0.5, 0.6) is 0 Å². The summed E-state index contributed by atoms with van der Waals surface area (Å²) in [5, 5.41) is 11.5. The zero-order valence-corrected chi connectivity index (χ0v) is 18.5. The molecule has 0 heterocycles. The first-order valence-electron chi connectivity index (χ1n) is 9.39. The van der Waals surface area contributed by atoms with Gasteiger partial charge in [-0.3, -0.25) is 9.79 Å². The predicted octanol–water partition coefficient (Wildman–Crippen LogP) is 1.74. The Morgan fingerprint density at radius 1 is 1.23 bits per heavy atom. The fourth-order valence-electron chi connectivity index (χ4n) is 2.39. The van der Waals surface area contributed by atoms with Crippen LogP contribution in [-0.4, -0.2) is 49.7 Å². The van der Waals surface area contributed by atoms with Crippen molar-refractivity contribution in [1.29, 1.82) is 0 Å². The van der Waals surface area contributed by atoms with Crippen LogP contribution < -0.4 is 15.8 Å². The van der Waals surface area contributed by atoms with Gasteiger partial charge in [-0.15, -0.1) is 0 Å². The lowest BCUT2D eigenvalue weighted by Crippen LogP contribution is -2.40. The molecule has 0 fully saturated rings. The number of ether oxygens (including phenoxy) is 1. The molecule has 5 N–H and O–H groups in total. The van der Waals surface area contributed by atoms with Gasteiger partial charge in [0.05, 0.1) is 11.3 Å². The second-order valence-corrected chi connectivity index (χ2v) is 9.45. The smallest absolute Gasteiger partial charge is 0.407 e. The zero-order valence-electron chi connectivity index (χ0n) is 17.6. The summed E-state index contributed by atoms with van der Waals surface area (Å²) in [6, 6.07) is 5.61. The van der Waals surface area contributed by atoms with Crippen molar-refractivity contribution in [2.24, 2.45) is 10.7 Å². The molecule has 0 aliphatic rings. The van der Waals surface area contributed by atoms with E-state index in [0.29, 0.717) is 12.8 Å². The molecule has 1 aromatic carbocycles. The largest absolute Gasteiger partial charge is 0.481 e. The number of sulfonamides is 1. The van der Waals surface area contributed by atoms with Crippen molar-refractivity contribution in [3.05, 3.63) is 29.8 Å². The van der Waals surface area contributed by atoms with E-state index in [1.165, 1.54) is 12.1 Å². The number of aliphatic imine (C=N–C) groups is 1. The lowest BCUT2D eigenvalue weighted by molar-refractivity contribution is -0.137. The number of amides is 1. The number of benzene rings is 1. The number of aliphatic carboxylic acids is 1. The van der Waals surface area contributed by atoms with Crippen molar-refractivity contribution < 1.29 is 27.9 Å². The number of nitrogens with one attached hydrogen (secondary N) is 2. The predicted molar refractivity (Wildman–Crippen MR) is 113 cm³/mol. The molecule has 168 valence electrons.